The van der Waals surface area contributed by atoms with Gasteiger partial charge in [-0.2, -0.15) is 0 Å². The highest BCUT2D eigenvalue weighted by Gasteiger charge is 2.18. The van der Waals surface area contributed by atoms with Crippen LogP contribution in [-0.2, 0) is 0 Å². The molecule has 0 radical (unpaired) electrons. The quantitative estimate of drug-likeness (QED) is 0.612. The van der Waals surface area contributed by atoms with Crippen LogP contribution >= 0.6 is 12.4 Å². The molecule has 0 bridgehead atoms. The number of rotatable bonds is 6. The molecule has 1 aliphatic heterocycles. The number of non-ortho nitro benzene ring substituents is 1. The van der Waals surface area contributed by atoms with Crippen molar-refractivity contribution >= 4 is 24.0 Å². The van der Waals surface area contributed by atoms with Gasteiger partial charge < -0.3 is 15.4 Å². The number of nitrogens with zero attached hydrogens (tertiary/aromatic N) is 1. The van der Waals surface area contributed by atoms with E-state index in [0.717, 1.165) is 25.9 Å². The molecular formula is C14H20ClN3O4. The van der Waals surface area contributed by atoms with E-state index in [1.807, 2.05) is 0 Å². The van der Waals surface area contributed by atoms with Crippen LogP contribution in [0.15, 0.2) is 18.2 Å². The van der Waals surface area contributed by atoms with Gasteiger partial charge >= 0.3 is 0 Å². The third-order valence-corrected chi connectivity index (χ3v) is 3.64. The van der Waals surface area contributed by atoms with Crippen LogP contribution < -0.4 is 15.4 Å². The van der Waals surface area contributed by atoms with Crippen LogP contribution in [0.4, 0.5) is 5.69 Å². The predicted octanol–water partition coefficient (Wildman–Crippen LogP) is 1.75. The van der Waals surface area contributed by atoms with Crippen molar-refractivity contribution in [3.8, 4) is 5.75 Å². The Kier molecular flexibility index (Phi) is 7.07. The van der Waals surface area contributed by atoms with Crippen molar-refractivity contribution in [2.24, 2.45) is 5.92 Å². The Morgan fingerprint density at radius 3 is 2.91 bits per heavy atom. The molecule has 0 aliphatic carbocycles. The van der Waals surface area contributed by atoms with E-state index in [4.69, 9.17) is 4.74 Å². The van der Waals surface area contributed by atoms with Gasteiger partial charge in [-0.05, 0) is 37.9 Å². The standard InChI is InChI=1S/C14H19N3O4.ClH/c1-21-13-3-2-11(17(19)20)8-12(13)14(18)16-7-5-10-4-6-15-9-10;/h2-3,8,10,15H,4-7,9H2,1H3,(H,16,18);1H. The molecule has 1 aliphatic rings. The first-order chi connectivity index (χ1) is 10.1. The van der Waals surface area contributed by atoms with E-state index in [1.54, 1.807) is 0 Å². The number of carbonyl (C=O) groups excluding carboxylic acids is 1. The fraction of sp³-hybridized carbons (Fsp3) is 0.500. The van der Waals surface area contributed by atoms with Gasteiger partial charge in [-0.1, -0.05) is 0 Å². The van der Waals surface area contributed by atoms with Gasteiger partial charge in [0, 0.05) is 18.7 Å². The van der Waals surface area contributed by atoms with Gasteiger partial charge in [0.05, 0.1) is 17.6 Å². The number of nitro benzene ring substituents is 1. The first-order valence-electron chi connectivity index (χ1n) is 6.93. The number of hydrogen-bond donors (Lipinski definition) is 2. The van der Waals surface area contributed by atoms with E-state index in [9.17, 15) is 14.9 Å². The lowest BCUT2D eigenvalue weighted by Crippen LogP contribution is -2.26. The first-order valence-corrected chi connectivity index (χ1v) is 6.93. The van der Waals surface area contributed by atoms with Gasteiger partial charge in [0.1, 0.15) is 5.75 Å². The van der Waals surface area contributed by atoms with E-state index in [-0.39, 0.29) is 29.6 Å². The predicted molar refractivity (Wildman–Crippen MR) is 84.8 cm³/mol. The number of nitro groups is 1. The third kappa shape index (κ3) is 4.57. The van der Waals surface area contributed by atoms with Crippen LogP contribution in [0.3, 0.4) is 0 Å². The van der Waals surface area contributed by atoms with Crippen molar-refractivity contribution in [1.29, 1.82) is 0 Å². The van der Waals surface area contributed by atoms with Crippen molar-refractivity contribution in [3.05, 3.63) is 33.9 Å². The summed E-state index contributed by atoms with van der Waals surface area (Å²) in [6.07, 6.45) is 2.02. The van der Waals surface area contributed by atoms with E-state index in [0.29, 0.717) is 18.2 Å². The van der Waals surface area contributed by atoms with Gasteiger partial charge in [0.25, 0.3) is 11.6 Å². The maximum absolute atomic E-state index is 12.1. The summed E-state index contributed by atoms with van der Waals surface area (Å²) in [6, 6.07) is 4.00. The number of amides is 1. The Hall–Kier alpha value is -1.86. The van der Waals surface area contributed by atoms with Gasteiger partial charge in [-0.3, -0.25) is 14.9 Å². The lowest BCUT2D eigenvalue weighted by Gasteiger charge is -2.11. The number of benzene rings is 1. The molecule has 1 atom stereocenters. The summed E-state index contributed by atoms with van der Waals surface area (Å²) in [4.78, 5) is 22.4. The second-order valence-electron chi connectivity index (χ2n) is 5.05. The molecule has 0 saturated carbocycles. The molecule has 1 aromatic carbocycles. The summed E-state index contributed by atoms with van der Waals surface area (Å²) in [7, 11) is 1.43. The van der Waals surface area contributed by atoms with Crippen LogP contribution in [0.5, 0.6) is 5.75 Å². The van der Waals surface area contributed by atoms with Crippen molar-refractivity contribution in [2.75, 3.05) is 26.7 Å². The molecular weight excluding hydrogens is 310 g/mol. The van der Waals surface area contributed by atoms with Crippen LogP contribution in [0.1, 0.15) is 23.2 Å². The summed E-state index contributed by atoms with van der Waals surface area (Å²) in [5, 5.41) is 16.9. The van der Waals surface area contributed by atoms with E-state index in [1.165, 1.54) is 25.3 Å². The molecule has 2 rings (SSSR count). The SMILES string of the molecule is COc1ccc([N+](=O)[O-])cc1C(=O)NCCC1CCNC1.Cl. The fourth-order valence-corrected chi connectivity index (χ4v) is 2.43. The second kappa shape index (κ2) is 8.55. The molecule has 0 spiro atoms. The van der Waals surface area contributed by atoms with E-state index < -0.39 is 4.92 Å². The molecule has 1 unspecified atom stereocenters. The van der Waals surface area contributed by atoms with Crippen LogP contribution in [0.25, 0.3) is 0 Å². The lowest BCUT2D eigenvalue weighted by atomic mass is 10.1. The maximum Gasteiger partial charge on any atom is 0.270 e. The summed E-state index contributed by atoms with van der Waals surface area (Å²) in [5.74, 6) is 0.569. The highest BCUT2D eigenvalue weighted by Crippen LogP contribution is 2.23. The van der Waals surface area contributed by atoms with Crippen LogP contribution in [0, 0.1) is 16.0 Å². The topological polar surface area (TPSA) is 93.5 Å². The van der Waals surface area contributed by atoms with Gasteiger partial charge in [0.15, 0.2) is 0 Å². The number of halogens is 1. The van der Waals surface area contributed by atoms with E-state index in [2.05, 4.69) is 10.6 Å². The molecule has 1 fully saturated rings. The highest BCUT2D eigenvalue weighted by atomic mass is 35.5. The molecule has 1 heterocycles. The summed E-state index contributed by atoms with van der Waals surface area (Å²) in [5.41, 5.74) is 0.0668. The normalized spacial score (nSPS) is 16.7. The fourth-order valence-electron chi connectivity index (χ4n) is 2.43. The van der Waals surface area contributed by atoms with Crippen LogP contribution in [-0.4, -0.2) is 37.6 Å². The third-order valence-electron chi connectivity index (χ3n) is 3.64. The Balaban J connectivity index is 0.00000242. The zero-order chi connectivity index (χ0) is 15.2. The molecule has 2 N–H and O–H groups in total. The Labute approximate surface area is 135 Å². The number of methoxy groups -OCH3 is 1. The Morgan fingerprint density at radius 1 is 1.55 bits per heavy atom. The van der Waals surface area contributed by atoms with Crippen molar-refractivity contribution in [1.82, 2.24) is 10.6 Å². The van der Waals surface area contributed by atoms with Crippen molar-refractivity contribution in [2.45, 2.75) is 12.8 Å². The molecule has 7 nitrogen and oxygen atoms in total. The summed E-state index contributed by atoms with van der Waals surface area (Å²) in [6.45, 7) is 2.56. The zero-order valence-corrected chi connectivity index (χ0v) is 13.1. The molecule has 22 heavy (non-hydrogen) atoms. The largest absolute Gasteiger partial charge is 0.496 e. The minimum Gasteiger partial charge on any atom is -0.496 e. The smallest absolute Gasteiger partial charge is 0.270 e. The minimum atomic E-state index is -0.527. The highest BCUT2D eigenvalue weighted by molar-refractivity contribution is 5.97. The number of nitrogens with one attached hydrogen (secondary N) is 2. The van der Waals surface area contributed by atoms with Crippen LogP contribution in [0.2, 0.25) is 0 Å². The number of ether oxygens (including phenoxy) is 1. The first kappa shape index (κ1) is 18.2. The molecule has 0 aromatic heterocycles. The maximum atomic E-state index is 12.1. The number of hydrogen-bond acceptors (Lipinski definition) is 5. The lowest BCUT2D eigenvalue weighted by molar-refractivity contribution is -0.384. The number of carbonyl (C=O) groups is 1. The molecule has 122 valence electrons. The second-order valence-corrected chi connectivity index (χ2v) is 5.05. The van der Waals surface area contributed by atoms with Crippen molar-refractivity contribution < 1.29 is 14.5 Å². The Morgan fingerprint density at radius 2 is 2.32 bits per heavy atom. The molecule has 1 amide bonds. The average Bonchev–Trinajstić information content (AvgIpc) is 2.99. The summed E-state index contributed by atoms with van der Waals surface area (Å²) < 4.78 is 5.09. The van der Waals surface area contributed by atoms with Gasteiger partial charge in [-0.25, -0.2) is 0 Å². The molecule has 1 saturated heterocycles. The average molecular weight is 330 g/mol. The Bertz CT molecular complexity index is 533. The molecule has 1 aromatic rings. The summed E-state index contributed by atoms with van der Waals surface area (Å²) >= 11 is 0. The molecule has 8 heteroatoms. The van der Waals surface area contributed by atoms with E-state index >= 15 is 0 Å². The van der Waals surface area contributed by atoms with Gasteiger partial charge in [-0.15, -0.1) is 12.4 Å². The van der Waals surface area contributed by atoms with Crippen molar-refractivity contribution in [3.63, 3.8) is 0 Å². The minimum absolute atomic E-state index is 0. The zero-order valence-electron chi connectivity index (χ0n) is 12.3. The van der Waals surface area contributed by atoms with Gasteiger partial charge in [0.2, 0.25) is 0 Å². The monoisotopic (exact) mass is 329 g/mol.